The van der Waals surface area contributed by atoms with Crippen molar-refractivity contribution in [3.63, 3.8) is 0 Å². The van der Waals surface area contributed by atoms with Gasteiger partial charge in [-0.05, 0) is 87.1 Å². The summed E-state index contributed by atoms with van der Waals surface area (Å²) in [4.78, 5) is 12.1. The SMILES string of the molecule is COc1ccc(C2CC=C(C3=CCC(C(=O)OC(C)C)CC3)CC2)cc1. The zero-order valence-corrected chi connectivity index (χ0v) is 16.2. The van der Waals surface area contributed by atoms with E-state index in [9.17, 15) is 4.79 Å². The van der Waals surface area contributed by atoms with Crippen LogP contribution in [0.3, 0.4) is 0 Å². The summed E-state index contributed by atoms with van der Waals surface area (Å²) < 4.78 is 10.6. The molecule has 0 bridgehead atoms. The van der Waals surface area contributed by atoms with Crippen molar-refractivity contribution in [3.05, 3.63) is 53.1 Å². The average molecular weight is 354 g/mol. The van der Waals surface area contributed by atoms with Gasteiger partial charge in [0.2, 0.25) is 0 Å². The number of hydrogen-bond donors (Lipinski definition) is 0. The van der Waals surface area contributed by atoms with Gasteiger partial charge in [0.1, 0.15) is 5.75 Å². The molecule has 0 N–H and O–H groups in total. The molecule has 0 aliphatic heterocycles. The molecule has 3 heteroatoms. The van der Waals surface area contributed by atoms with Crippen molar-refractivity contribution < 1.29 is 14.3 Å². The predicted molar refractivity (Wildman–Crippen MR) is 104 cm³/mol. The maximum Gasteiger partial charge on any atom is 0.309 e. The number of rotatable bonds is 5. The highest BCUT2D eigenvalue weighted by Crippen LogP contribution is 2.38. The molecule has 140 valence electrons. The topological polar surface area (TPSA) is 35.5 Å². The van der Waals surface area contributed by atoms with Crippen LogP contribution < -0.4 is 4.74 Å². The Labute approximate surface area is 157 Å². The van der Waals surface area contributed by atoms with E-state index in [0.29, 0.717) is 5.92 Å². The molecule has 0 heterocycles. The fourth-order valence-corrected chi connectivity index (χ4v) is 3.97. The maximum absolute atomic E-state index is 12.1. The van der Waals surface area contributed by atoms with Gasteiger partial charge in [0.05, 0.1) is 19.1 Å². The van der Waals surface area contributed by atoms with Gasteiger partial charge in [-0.1, -0.05) is 24.3 Å². The number of carbonyl (C=O) groups excluding carboxylic acids is 1. The molecule has 2 aliphatic rings. The highest BCUT2D eigenvalue weighted by atomic mass is 16.5. The molecule has 2 aliphatic carbocycles. The number of hydrogen-bond acceptors (Lipinski definition) is 3. The number of benzene rings is 1. The van der Waals surface area contributed by atoms with Crippen LogP contribution in [0.5, 0.6) is 5.75 Å². The van der Waals surface area contributed by atoms with E-state index in [0.717, 1.165) is 37.9 Å². The first-order valence-corrected chi connectivity index (χ1v) is 9.79. The summed E-state index contributed by atoms with van der Waals surface area (Å²) in [6.07, 6.45) is 10.8. The molecule has 3 rings (SSSR count). The van der Waals surface area contributed by atoms with Gasteiger partial charge in [0.15, 0.2) is 0 Å². The Bertz CT molecular complexity index is 682. The van der Waals surface area contributed by atoms with E-state index in [4.69, 9.17) is 9.47 Å². The lowest BCUT2D eigenvalue weighted by atomic mass is 9.79. The van der Waals surface area contributed by atoms with E-state index in [1.807, 2.05) is 13.8 Å². The molecule has 0 saturated heterocycles. The molecule has 0 radical (unpaired) electrons. The fraction of sp³-hybridized carbons (Fsp3) is 0.522. The summed E-state index contributed by atoms with van der Waals surface area (Å²) >= 11 is 0. The van der Waals surface area contributed by atoms with Gasteiger partial charge in [-0.15, -0.1) is 0 Å². The third kappa shape index (κ3) is 4.57. The van der Waals surface area contributed by atoms with Gasteiger partial charge in [0.25, 0.3) is 0 Å². The molecule has 1 aromatic rings. The molecule has 2 unspecified atom stereocenters. The van der Waals surface area contributed by atoms with E-state index in [-0.39, 0.29) is 18.0 Å². The average Bonchev–Trinajstić information content (AvgIpc) is 2.68. The van der Waals surface area contributed by atoms with Crippen LogP contribution >= 0.6 is 0 Å². The molecule has 0 aromatic heterocycles. The number of ether oxygens (including phenoxy) is 2. The Morgan fingerprint density at radius 2 is 1.65 bits per heavy atom. The summed E-state index contributed by atoms with van der Waals surface area (Å²) in [5, 5.41) is 0. The van der Waals surface area contributed by atoms with Crippen LogP contribution in [-0.4, -0.2) is 19.2 Å². The van der Waals surface area contributed by atoms with Crippen LogP contribution in [0.1, 0.15) is 63.9 Å². The van der Waals surface area contributed by atoms with E-state index in [1.165, 1.54) is 23.1 Å². The minimum atomic E-state index is -0.0347. The molecule has 0 amide bonds. The molecule has 26 heavy (non-hydrogen) atoms. The second-order valence-electron chi connectivity index (χ2n) is 7.66. The molecule has 3 nitrogen and oxygen atoms in total. The van der Waals surface area contributed by atoms with Gasteiger partial charge in [-0.3, -0.25) is 4.79 Å². The number of allylic oxidation sites excluding steroid dienone is 4. The summed E-state index contributed by atoms with van der Waals surface area (Å²) in [5.74, 6) is 1.52. The normalized spacial score (nSPS) is 23.2. The largest absolute Gasteiger partial charge is 0.497 e. The first-order chi connectivity index (χ1) is 12.6. The van der Waals surface area contributed by atoms with Crippen LogP contribution in [-0.2, 0) is 9.53 Å². The summed E-state index contributed by atoms with van der Waals surface area (Å²) in [5.41, 5.74) is 4.34. The Hall–Kier alpha value is -2.03. The first kappa shape index (κ1) is 18.8. The van der Waals surface area contributed by atoms with Crippen molar-refractivity contribution in [3.8, 4) is 5.75 Å². The first-order valence-electron chi connectivity index (χ1n) is 9.79. The lowest BCUT2D eigenvalue weighted by molar-refractivity contribution is -0.152. The van der Waals surface area contributed by atoms with E-state index >= 15 is 0 Å². The van der Waals surface area contributed by atoms with Gasteiger partial charge in [-0.2, -0.15) is 0 Å². The molecular formula is C23H30O3. The molecule has 2 atom stereocenters. The van der Waals surface area contributed by atoms with E-state index < -0.39 is 0 Å². The van der Waals surface area contributed by atoms with Gasteiger partial charge >= 0.3 is 5.97 Å². The molecule has 1 aromatic carbocycles. The van der Waals surface area contributed by atoms with Crippen LogP contribution in [0.2, 0.25) is 0 Å². The second kappa shape index (κ2) is 8.57. The number of esters is 1. The maximum atomic E-state index is 12.1. The van der Waals surface area contributed by atoms with Gasteiger partial charge in [-0.25, -0.2) is 0 Å². The van der Waals surface area contributed by atoms with E-state index in [2.05, 4.69) is 36.4 Å². The van der Waals surface area contributed by atoms with Crippen molar-refractivity contribution in [2.45, 2.75) is 64.4 Å². The monoisotopic (exact) mass is 354 g/mol. The van der Waals surface area contributed by atoms with Gasteiger partial charge in [0, 0.05) is 0 Å². The summed E-state index contributed by atoms with van der Waals surface area (Å²) in [6, 6.07) is 8.48. The fourth-order valence-electron chi connectivity index (χ4n) is 3.97. The number of carbonyl (C=O) groups is 1. The smallest absolute Gasteiger partial charge is 0.309 e. The van der Waals surface area contributed by atoms with Crippen LogP contribution in [0.25, 0.3) is 0 Å². The third-order valence-corrected chi connectivity index (χ3v) is 5.51. The molecular weight excluding hydrogens is 324 g/mol. The zero-order valence-electron chi connectivity index (χ0n) is 16.2. The minimum absolute atomic E-state index is 0.0242. The summed E-state index contributed by atoms with van der Waals surface area (Å²) in [6.45, 7) is 3.82. The molecule has 0 saturated carbocycles. The standard InChI is InChI=1S/C23H30O3/c1-16(2)26-23(24)21-10-8-19(9-11-21)17-4-6-18(7-5-17)20-12-14-22(25-3)15-13-20/h4,8,12-16,18,21H,5-7,9-11H2,1-3H3. The number of methoxy groups -OCH3 is 1. The lowest BCUT2D eigenvalue weighted by Crippen LogP contribution is -2.23. The van der Waals surface area contributed by atoms with Crippen LogP contribution in [0, 0.1) is 5.92 Å². The van der Waals surface area contributed by atoms with Crippen molar-refractivity contribution in [1.29, 1.82) is 0 Å². The van der Waals surface area contributed by atoms with Crippen molar-refractivity contribution in [2.24, 2.45) is 5.92 Å². The quantitative estimate of drug-likeness (QED) is 0.649. The van der Waals surface area contributed by atoms with Crippen LogP contribution in [0.4, 0.5) is 0 Å². The Kier molecular flexibility index (Phi) is 6.18. The molecule has 0 spiro atoms. The molecule has 0 fully saturated rings. The van der Waals surface area contributed by atoms with E-state index in [1.54, 1.807) is 7.11 Å². The van der Waals surface area contributed by atoms with Crippen molar-refractivity contribution in [2.75, 3.05) is 7.11 Å². The van der Waals surface area contributed by atoms with Gasteiger partial charge < -0.3 is 9.47 Å². The highest BCUT2D eigenvalue weighted by molar-refractivity contribution is 5.73. The van der Waals surface area contributed by atoms with Crippen molar-refractivity contribution in [1.82, 2.24) is 0 Å². The summed E-state index contributed by atoms with van der Waals surface area (Å²) in [7, 11) is 1.70. The zero-order chi connectivity index (χ0) is 18.5. The Balaban J connectivity index is 1.57. The van der Waals surface area contributed by atoms with Crippen LogP contribution in [0.15, 0.2) is 47.6 Å². The third-order valence-electron chi connectivity index (χ3n) is 5.51. The minimum Gasteiger partial charge on any atom is -0.497 e. The lowest BCUT2D eigenvalue weighted by Gasteiger charge is -2.27. The Morgan fingerprint density at radius 3 is 2.15 bits per heavy atom. The second-order valence-corrected chi connectivity index (χ2v) is 7.66. The van der Waals surface area contributed by atoms with Crippen molar-refractivity contribution >= 4 is 5.97 Å². The Morgan fingerprint density at radius 1 is 1.00 bits per heavy atom. The predicted octanol–water partition coefficient (Wildman–Crippen LogP) is 5.57. The highest BCUT2D eigenvalue weighted by Gasteiger charge is 2.26.